The normalized spacial score (nSPS) is 11.3. The maximum Gasteiger partial charge on any atom is 0.0923 e. The maximum absolute atomic E-state index is 6.88. The smallest absolute Gasteiger partial charge is 0.0923 e. The number of hydrogen-bond acceptors (Lipinski definition) is 3. The van der Waals surface area contributed by atoms with Crippen LogP contribution in [0, 0.1) is 0 Å². The van der Waals surface area contributed by atoms with Gasteiger partial charge < -0.3 is 17.2 Å². The highest BCUT2D eigenvalue weighted by molar-refractivity contribution is 5.53. The van der Waals surface area contributed by atoms with Crippen molar-refractivity contribution in [1.29, 1.82) is 0 Å². The van der Waals surface area contributed by atoms with Gasteiger partial charge in [-0.05, 0) is 41.0 Å². The Balaban J connectivity index is 2.22. The van der Waals surface area contributed by atoms with E-state index in [1.807, 2.05) is 78.9 Å². The third-order valence-corrected chi connectivity index (χ3v) is 3.96. The summed E-state index contributed by atoms with van der Waals surface area (Å²) in [6, 6.07) is 25.4. The lowest BCUT2D eigenvalue weighted by molar-refractivity contribution is 0.653. The first-order valence-corrected chi connectivity index (χ1v) is 7.17. The molecule has 0 atom stereocenters. The highest BCUT2D eigenvalue weighted by atomic mass is 14.8. The number of nitrogens with two attached hydrogens (primary N) is 3. The fraction of sp³-hybridized carbons (Fsp3) is 0.0526. The minimum absolute atomic E-state index is 0.719. The van der Waals surface area contributed by atoms with Crippen LogP contribution in [0.4, 0.5) is 11.4 Å². The zero-order valence-electron chi connectivity index (χ0n) is 12.2. The second kappa shape index (κ2) is 5.54. The van der Waals surface area contributed by atoms with Crippen LogP contribution in [0.2, 0.25) is 0 Å². The first-order valence-electron chi connectivity index (χ1n) is 7.17. The Morgan fingerprint density at radius 1 is 0.500 bits per heavy atom. The van der Waals surface area contributed by atoms with Crippen molar-refractivity contribution < 1.29 is 0 Å². The largest absolute Gasteiger partial charge is 0.399 e. The maximum atomic E-state index is 6.88. The summed E-state index contributed by atoms with van der Waals surface area (Å²) in [5.41, 5.74) is 22.2. The topological polar surface area (TPSA) is 78.1 Å². The summed E-state index contributed by atoms with van der Waals surface area (Å²) in [7, 11) is 0. The van der Waals surface area contributed by atoms with Gasteiger partial charge in [0.1, 0.15) is 0 Å². The summed E-state index contributed by atoms with van der Waals surface area (Å²) in [4.78, 5) is 0. The van der Waals surface area contributed by atoms with Crippen LogP contribution >= 0.6 is 0 Å². The summed E-state index contributed by atoms with van der Waals surface area (Å²) in [6.07, 6.45) is 0. The lowest BCUT2D eigenvalue weighted by atomic mass is 9.78. The summed E-state index contributed by atoms with van der Waals surface area (Å²) in [6.45, 7) is 0. The average molecular weight is 289 g/mol. The minimum atomic E-state index is -0.747. The van der Waals surface area contributed by atoms with Crippen LogP contribution in [0.25, 0.3) is 0 Å². The second-order valence-electron chi connectivity index (χ2n) is 5.42. The van der Waals surface area contributed by atoms with Crippen molar-refractivity contribution in [2.24, 2.45) is 5.73 Å². The van der Waals surface area contributed by atoms with Gasteiger partial charge in [0.2, 0.25) is 0 Å². The van der Waals surface area contributed by atoms with E-state index < -0.39 is 5.54 Å². The van der Waals surface area contributed by atoms with Gasteiger partial charge in [-0.1, -0.05) is 54.6 Å². The molecule has 0 aromatic heterocycles. The molecule has 3 rings (SSSR count). The van der Waals surface area contributed by atoms with Gasteiger partial charge in [-0.2, -0.15) is 0 Å². The molecule has 0 aliphatic rings. The fourth-order valence-corrected chi connectivity index (χ4v) is 2.69. The van der Waals surface area contributed by atoms with Gasteiger partial charge in [0.15, 0.2) is 0 Å². The highest BCUT2D eigenvalue weighted by Crippen LogP contribution is 2.34. The molecule has 0 spiro atoms. The lowest BCUT2D eigenvalue weighted by Crippen LogP contribution is -2.39. The highest BCUT2D eigenvalue weighted by Gasteiger charge is 2.31. The van der Waals surface area contributed by atoms with E-state index in [1.165, 1.54) is 0 Å². The molecule has 0 saturated heterocycles. The van der Waals surface area contributed by atoms with Crippen LogP contribution in [0.5, 0.6) is 0 Å². The van der Waals surface area contributed by atoms with Gasteiger partial charge >= 0.3 is 0 Å². The summed E-state index contributed by atoms with van der Waals surface area (Å²) >= 11 is 0. The zero-order valence-corrected chi connectivity index (χ0v) is 12.2. The number of anilines is 2. The monoisotopic (exact) mass is 289 g/mol. The Kier molecular flexibility index (Phi) is 3.57. The first kappa shape index (κ1) is 14.2. The van der Waals surface area contributed by atoms with Gasteiger partial charge in [-0.15, -0.1) is 0 Å². The Morgan fingerprint density at radius 3 is 1.27 bits per heavy atom. The fourth-order valence-electron chi connectivity index (χ4n) is 2.69. The molecule has 0 heterocycles. The Labute approximate surface area is 130 Å². The van der Waals surface area contributed by atoms with Crippen molar-refractivity contribution >= 4 is 11.4 Å². The van der Waals surface area contributed by atoms with E-state index in [9.17, 15) is 0 Å². The van der Waals surface area contributed by atoms with Gasteiger partial charge in [0.25, 0.3) is 0 Å². The molecule has 3 nitrogen and oxygen atoms in total. The predicted molar refractivity (Wildman–Crippen MR) is 92.2 cm³/mol. The summed E-state index contributed by atoms with van der Waals surface area (Å²) in [5, 5.41) is 0. The van der Waals surface area contributed by atoms with Crippen molar-refractivity contribution in [3.8, 4) is 0 Å². The molecule has 0 unspecified atom stereocenters. The molecule has 0 aliphatic heterocycles. The van der Waals surface area contributed by atoms with Gasteiger partial charge in [0.05, 0.1) is 5.54 Å². The quantitative estimate of drug-likeness (QED) is 0.512. The van der Waals surface area contributed by atoms with E-state index in [2.05, 4.69) is 0 Å². The minimum Gasteiger partial charge on any atom is -0.399 e. The van der Waals surface area contributed by atoms with Crippen LogP contribution in [-0.2, 0) is 5.54 Å². The van der Waals surface area contributed by atoms with E-state index >= 15 is 0 Å². The molecule has 0 aliphatic carbocycles. The third kappa shape index (κ3) is 2.43. The van der Waals surface area contributed by atoms with E-state index in [0.717, 1.165) is 28.1 Å². The second-order valence-corrected chi connectivity index (χ2v) is 5.42. The third-order valence-electron chi connectivity index (χ3n) is 3.96. The van der Waals surface area contributed by atoms with Crippen molar-refractivity contribution in [2.75, 3.05) is 11.5 Å². The van der Waals surface area contributed by atoms with E-state index in [4.69, 9.17) is 17.2 Å². The Hall–Kier alpha value is -2.78. The molecule has 0 amide bonds. The van der Waals surface area contributed by atoms with Crippen LogP contribution in [0.15, 0.2) is 78.9 Å². The SMILES string of the molecule is Nc1ccc(C(N)(c2ccccc2)c2ccc(N)cc2)cc1. The van der Waals surface area contributed by atoms with Crippen molar-refractivity contribution in [3.63, 3.8) is 0 Å². The van der Waals surface area contributed by atoms with Crippen molar-refractivity contribution in [2.45, 2.75) is 5.54 Å². The molecule has 3 aromatic carbocycles. The molecule has 3 aromatic rings. The lowest BCUT2D eigenvalue weighted by Gasteiger charge is -2.31. The van der Waals surface area contributed by atoms with E-state index in [-0.39, 0.29) is 0 Å². The van der Waals surface area contributed by atoms with Gasteiger partial charge in [-0.25, -0.2) is 0 Å². The van der Waals surface area contributed by atoms with Crippen molar-refractivity contribution in [1.82, 2.24) is 0 Å². The first-order chi connectivity index (χ1) is 10.6. The standard InChI is InChI=1S/C19H19N3/c20-17-10-6-15(7-11-17)19(22,14-4-2-1-3-5-14)16-8-12-18(21)13-9-16/h1-13H,20-22H2. The molecule has 22 heavy (non-hydrogen) atoms. The summed E-state index contributed by atoms with van der Waals surface area (Å²) < 4.78 is 0. The molecule has 3 heteroatoms. The van der Waals surface area contributed by atoms with Crippen molar-refractivity contribution in [3.05, 3.63) is 95.6 Å². The zero-order chi connectivity index (χ0) is 15.6. The molecule has 0 bridgehead atoms. The molecular weight excluding hydrogens is 270 g/mol. The Morgan fingerprint density at radius 2 is 0.864 bits per heavy atom. The molecule has 0 fully saturated rings. The van der Waals surface area contributed by atoms with E-state index in [1.54, 1.807) is 0 Å². The van der Waals surface area contributed by atoms with Crippen LogP contribution in [0.3, 0.4) is 0 Å². The van der Waals surface area contributed by atoms with Gasteiger partial charge in [0, 0.05) is 11.4 Å². The number of rotatable bonds is 3. The van der Waals surface area contributed by atoms with E-state index in [0.29, 0.717) is 0 Å². The molecule has 110 valence electrons. The number of hydrogen-bond donors (Lipinski definition) is 3. The van der Waals surface area contributed by atoms with Gasteiger partial charge in [-0.3, -0.25) is 0 Å². The number of benzene rings is 3. The number of nitrogen functional groups attached to an aromatic ring is 2. The van der Waals surface area contributed by atoms with Crippen LogP contribution < -0.4 is 17.2 Å². The van der Waals surface area contributed by atoms with Crippen LogP contribution in [-0.4, -0.2) is 0 Å². The van der Waals surface area contributed by atoms with Crippen LogP contribution in [0.1, 0.15) is 16.7 Å². The molecule has 0 radical (unpaired) electrons. The molecule has 6 N–H and O–H groups in total. The summed E-state index contributed by atoms with van der Waals surface area (Å²) in [5.74, 6) is 0. The predicted octanol–water partition coefficient (Wildman–Crippen LogP) is 3.10. The average Bonchev–Trinajstić information content (AvgIpc) is 2.56. The molecule has 0 saturated carbocycles. The molecular formula is C19H19N3. The Bertz CT molecular complexity index is 701.